The molecule has 0 unspecified atom stereocenters. The van der Waals surface area contributed by atoms with Gasteiger partial charge in [0.15, 0.2) is 0 Å². The van der Waals surface area contributed by atoms with Gasteiger partial charge in [0, 0.05) is 0 Å². The molecule has 0 bridgehead atoms. The molecule has 46 valence electrons. The van der Waals surface area contributed by atoms with Crippen LogP contribution in [0.15, 0.2) is 0 Å². The van der Waals surface area contributed by atoms with Gasteiger partial charge < -0.3 is 4.84 Å². The highest BCUT2D eigenvalue weighted by Crippen LogP contribution is 1.86. The average molecular weight is 115 g/mol. The first-order valence-electron chi connectivity index (χ1n) is 2.47. The average Bonchev–Trinajstić information content (AvgIpc) is 1.66. The van der Waals surface area contributed by atoms with Crippen LogP contribution in [-0.4, -0.2) is 13.0 Å². The van der Waals surface area contributed by atoms with Gasteiger partial charge in [0.05, 0.1) is 6.54 Å². The second-order valence-corrected chi connectivity index (χ2v) is 1.88. The number of hydrogen-bond donors (Lipinski definition) is 0. The summed E-state index contributed by atoms with van der Waals surface area (Å²) in [6.45, 7) is 5.72. The van der Waals surface area contributed by atoms with Crippen LogP contribution < -0.4 is 5.48 Å². The van der Waals surface area contributed by atoms with Gasteiger partial charge in [0.1, 0.15) is 0 Å². The maximum Gasteiger partial charge on any atom is 0.439 e. The van der Waals surface area contributed by atoms with Gasteiger partial charge in [-0.2, -0.15) is 0 Å². The van der Waals surface area contributed by atoms with E-state index < -0.39 is 0 Å². The van der Waals surface area contributed by atoms with E-state index in [-0.39, 0.29) is 0 Å². The molecule has 0 amide bonds. The van der Waals surface area contributed by atoms with E-state index in [0.717, 1.165) is 0 Å². The summed E-state index contributed by atoms with van der Waals surface area (Å²) >= 11 is 0. The molecule has 0 aliphatic heterocycles. The molecular formula is C5H9NO2. The molecule has 0 fully saturated rings. The molecule has 0 saturated carbocycles. The number of nitrogens with zero attached hydrogens (tertiary/aromatic N) is 1. The Morgan fingerprint density at radius 1 is 1.75 bits per heavy atom. The summed E-state index contributed by atoms with van der Waals surface area (Å²) in [4.78, 5) is 13.3. The lowest BCUT2D eigenvalue weighted by atomic mass is 10.2. The zero-order valence-electron chi connectivity index (χ0n) is 5.05. The smallest absolute Gasteiger partial charge is 0.340 e. The Morgan fingerprint density at radius 2 is 2.38 bits per heavy atom. The third-order valence-electron chi connectivity index (χ3n) is 0.542. The number of hydrogen-bond acceptors (Lipinski definition) is 2. The molecule has 0 aliphatic rings. The van der Waals surface area contributed by atoms with Crippen LogP contribution in [0.2, 0.25) is 0 Å². The van der Waals surface area contributed by atoms with Crippen molar-refractivity contribution in [2.45, 2.75) is 13.8 Å². The summed E-state index contributed by atoms with van der Waals surface area (Å²) in [5.41, 5.74) is 3.37. The van der Waals surface area contributed by atoms with Crippen LogP contribution in [0, 0.1) is 5.92 Å². The van der Waals surface area contributed by atoms with Gasteiger partial charge in [-0.05, 0) is 11.4 Å². The molecule has 0 N–H and O–H groups in total. The van der Waals surface area contributed by atoms with Crippen LogP contribution in [0.1, 0.15) is 13.8 Å². The Labute approximate surface area is 49.0 Å². The first-order chi connectivity index (χ1) is 3.77. The van der Waals surface area contributed by atoms with Gasteiger partial charge in [-0.25, -0.2) is 4.79 Å². The fourth-order valence-corrected chi connectivity index (χ4v) is 0.213. The quantitative estimate of drug-likeness (QED) is 0.389. The van der Waals surface area contributed by atoms with Crippen molar-refractivity contribution in [1.29, 1.82) is 0 Å². The van der Waals surface area contributed by atoms with Crippen LogP contribution in [0.5, 0.6) is 0 Å². The summed E-state index contributed by atoms with van der Waals surface area (Å²) in [5.74, 6) is 0.434. The van der Waals surface area contributed by atoms with Gasteiger partial charge in [-0.15, -0.1) is 0 Å². The predicted octanol–water partition coefficient (Wildman–Crippen LogP) is 0.246. The minimum absolute atomic E-state index is 0.434. The van der Waals surface area contributed by atoms with Gasteiger partial charge in [0.25, 0.3) is 0 Å². The molecule has 0 aromatic rings. The lowest BCUT2D eigenvalue weighted by molar-refractivity contribution is 0.148. The van der Waals surface area contributed by atoms with Crippen molar-refractivity contribution in [1.82, 2.24) is 5.48 Å². The number of rotatable bonds is 4. The van der Waals surface area contributed by atoms with Gasteiger partial charge in [0.2, 0.25) is 0 Å². The highest BCUT2D eigenvalue weighted by Gasteiger charge is 1.92. The Hall–Kier alpha value is -0.570. The molecule has 0 aliphatic carbocycles. The standard InChI is InChI=1S/C5H9NO2/c1-5(2)3-6-8-4-7/h5H,3H2,1-2H3. The molecule has 0 saturated heterocycles. The molecule has 2 radical (unpaired) electrons. The molecule has 3 heteroatoms. The third-order valence-corrected chi connectivity index (χ3v) is 0.542. The zero-order chi connectivity index (χ0) is 6.41. The predicted molar refractivity (Wildman–Crippen MR) is 28.6 cm³/mol. The van der Waals surface area contributed by atoms with Crippen LogP contribution >= 0.6 is 0 Å². The minimum atomic E-state index is 0.434. The normalized spacial score (nSPS) is 9.38. The van der Waals surface area contributed by atoms with Crippen molar-refractivity contribution in [3.63, 3.8) is 0 Å². The first kappa shape index (κ1) is 7.43. The Morgan fingerprint density at radius 3 is 2.75 bits per heavy atom. The van der Waals surface area contributed by atoms with Gasteiger partial charge in [-0.1, -0.05) is 13.8 Å². The summed E-state index contributed by atoms with van der Waals surface area (Å²) < 4.78 is 0. The molecule has 8 heavy (non-hydrogen) atoms. The highest BCUT2D eigenvalue weighted by molar-refractivity contribution is 5.37. The maximum absolute atomic E-state index is 9.35. The van der Waals surface area contributed by atoms with Crippen LogP contribution in [-0.2, 0) is 9.63 Å². The fraction of sp³-hybridized carbons (Fsp3) is 0.800. The Bertz CT molecular complexity index is 63.4. The lowest BCUT2D eigenvalue weighted by Gasteiger charge is -1.97. The summed E-state index contributed by atoms with van der Waals surface area (Å²) in [7, 11) is 0. The second kappa shape index (κ2) is 4.59. The molecular weight excluding hydrogens is 106 g/mol. The largest absolute Gasteiger partial charge is 0.439 e. The van der Waals surface area contributed by atoms with Gasteiger partial charge >= 0.3 is 6.47 Å². The number of carbonyl (C=O) groups excluding carboxylic acids is 1. The van der Waals surface area contributed by atoms with E-state index in [0.29, 0.717) is 12.5 Å². The van der Waals surface area contributed by atoms with Crippen LogP contribution in [0.4, 0.5) is 0 Å². The molecule has 0 aromatic heterocycles. The minimum Gasteiger partial charge on any atom is -0.340 e. The third kappa shape index (κ3) is 5.43. The molecule has 0 heterocycles. The maximum atomic E-state index is 9.35. The van der Waals surface area contributed by atoms with Crippen molar-refractivity contribution in [2.75, 3.05) is 6.54 Å². The van der Waals surface area contributed by atoms with Crippen molar-refractivity contribution in [3.05, 3.63) is 0 Å². The van der Waals surface area contributed by atoms with Crippen molar-refractivity contribution >= 4 is 6.47 Å². The van der Waals surface area contributed by atoms with E-state index in [1.54, 1.807) is 0 Å². The number of hydroxylamine groups is 1. The topological polar surface area (TPSA) is 40.4 Å². The Balaban J connectivity index is 2.81. The van der Waals surface area contributed by atoms with Crippen molar-refractivity contribution in [2.24, 2.45) is 5.92 Å². The monoisotopic (exact) mass is 115 g/mol. The molecule has 3 nitrogen and oxygen atoms in total. The summed E-state index contributed by atoms with van der Waals surface area (Å²) in [6.07, 6.45) is 0. The van der Waals surface area contributed by atoms with E-state index >= 15 is 0 Å². The molecule has 0 aromatic carbocycles. The summed E-state index contributed by atoms with van der Waals surface area (Å²) in [5, 5.41) is 0. The fourth-order valence-electron chi connectivity index (χ4n) is 0.213. The van der Waals surface area contributed by atoms with Crippen LogP contribution in [0.25, 0.3) is 0 Å². The SMILES string of the molecule is CC(C)C[N]O[C]=O. The highest BCUT2D eigenvalue weighted by atomic mass is 16.7. The lowest BCUT2D eigenvalue weighted by Crippen LogP contribution is -2.11. The summed E-state index contributed by atoms with van der Waals surface area (Å²) in [6, 6.07) is 0. The van der Waals surface area contributed by atoms with Crippen LogP contribution in [0.3, 0.4) is 0 Å². The zero-order valence-corrected chi connectivity index (χ0v) is 5.05. The van der Waals surface area contributed by atoms with E-state index in [1.807, 2.05) is 13.8 Å². The van der Waals surface area contributed by atoms with E-state index in [9.17, 15) is 4.79 Å². The van der Waals surface area contributed by atoms with Crippen molar-refractivity contribution < 1.29 is 9.63 Å². The van der Waals surface area contributed by atoms with Crippen molar-refractivity contribution in [3.8, 4) is 0 Å². The Kier molecular flexibility index (Phi) is 4.26. The second-order valence-electron chi connectivity index (χ2n) is 1.88. The molecule has 0 rings (SSSR count). The van der Waals surface area contributed by atoms with E-state index in [1.165, 1.54) is 6.47 Å². The molecule has 0 spiro atoms. The first-order valence-corrected chi connectivity index (χ1v) is 2.47. The van der Waals surface area contributed by atoms with E-state index in [4.69, 9.17) is 0 Å². The van der Waals surface area contributed by atoms with Gasteiger partial charge in [-0.3, -0.25) is 0 Å². The molecule has 0 atom stereocenters. The van der Waals surface area contributed by atoms with E-state index in [2.05, 4.69) is 10.3 Å².